The molecule has 0 bridgehead atoms. The number of aliphatic hydroxyl groups is 1. The first-order chi connectivity index (χ1) is 7.91. The van der Waals surface area contributed by atoms with E-state index < -0.39 is 11.6 Å². The van der Waals surface area contributed by atoms with Gasteiger partial charge in [-0.15, -0.1) is 0 Å². The minimum atomic E-state index is -0.967. The van der Waals surface area contributed by atoms with Crippen LogP contribution in [-0.2, 0) is 14.3 Å². The first kappa shape index (κ1) is 13.9. The highest BCUT2D eigenvalue weighted by atomic mass is 16.5. The van der Waals surface area contributed by atoms with Crippen LogP contribution in [0.1, 0.15) is 26.2 Å². The fourth-order valence-electron chi connectivity index (χ4n) is 1.76. The van der Waals surface area contributed by atoms with Gasteiger partial charge in [-0.3, -0.25) is 9.59 Å². The zero-order valence-electron chi connectivity index (χ0n) is 9.94. The molecule has 0 radical (unpaired) electrons. The molecule has 1 amide bonds. The number of nitrogens with one attached hydrogen (secondary N) is 1. The van der Waals surface area contributed by atoms with Gasteiger partial charge < -0.3 is 20.3 Å². The van der Waals surface area contributed by atoms with E-state index in [2.05, 4.69) is 5.32 Å². The predicted octanol–water partition coefficient (Wildman–Crippen LogP) is -0.245. The Balaban J connectivity index is 2.23. The highest BCUT2D eigenvalue weighted by molar-refractivity contribution is 5.77. The van der Waals surface area contributed by atoms with Crippen LogP contribution < -0.4 is 5.32 Å². The highest BCUT2D eigenvalue weighted by Gasteiger charge is 2.32. The Hall–Kier alpha value is -1.14. The number of carboxylic acid groups (broad SMARTS) is 1. The third kappa shape index (κ3) is 5.14. The first-order valence-electron chi connectivity index (χ1n) is 5.70. The van der Waals surface area contributed by atoms with Crippen molar-refractivity contribution >= 4 is 11.9 Å². The van der Waals surface area contributed by atoms with Crippen molar-refractivity contribution in [3.63, 3.8) is 0 Å². The van der Waals surface area contributed by atoms with Crippen LogP contribution in [0.15, 0.2) is 0 Å². The van der Waals surface area contributed by atoms with Crippen molar-refractivity contribution in [1.29, 1.82) is 0 Å². The van der Waals surface area contributed by atoms with E-state index in [4.69, 9.17) is 9.84 Å². The van der Waals surface area contributed by atoms with Gasteiger partial charge in [0.15, 0.2) is 0 Å². The molecule has 17 heavy (non-hydrogen) atoms. The van der Waals surface area contributed by atoms with E-state index in [1.165, 1.54) is 0 Å². The SMILES string of the molecule is CC(CC(=O)O)CC(=O)NCC1(O)CCOC1. The summed E-state index contributed by atoms with van der Waals surface area (Å²) >= 11 is 0. The number of amides is 1. The summed E-state index contributed by atoms with van der Waals surface area (Å²) in [7, 11) is 0. The van der Waals surface area contributed by atoms with E-state index in [9.17, 15) is 14.7 Å². The van der Waals surface area contributed by atoms with E-state index >= 15 is 0 Å². The molecule has 0 saturated carbocycles. The van der Waals surface area contributed by atoms with E-state index in [0.29, 0.717) is 13.0 Å². The summed E-state index contributed by atoms with van der Waals surface area (Å²) < 4.78 is 5.05. The fraction of sp³-hybridized carbons (Fsp3) is 0.818. The lowest BCUT2D eigenvalue weighted by atomic mass is 10.0. The van der Waals surface area contributed by atoms with Gasteiger partial charge in [0.1, 0.15) is 5.60 Å². The molecule has 2 atom stereocenters. The summed E-state index contributed by atoms with van der Waals surface area (Å²) in [5.74, 6) is -1.35. The Kier molecular flexibility index (Phi) is 4.89. The number of carboxylic acids is 1. The monoisotopic (exact) mass is 245 g/mol. The van der Waals surface area contributed by atoms with Crippen LogP contribution in [-0.4, -0.2) is 47.4 Å². The Morgan fingerprint density at radius 1 is 1.47 bits per heavy atom. The summed E-state index contributed by atoms with van der Waals surface area (Å²) in [6.45, 7) is 2.60. The maximum absolute atomic E-state index is 11.5. The van der Waals surface area contributed by atoms with E-state index in [-0.39, 0.29) is 37.8 Å². The van der Waals surface area contributed by atoms with E-state index in [1.54, 1.807) is 6.92 Å². The van der Waals surface area contributed by atoms with Gasteiger partial charge in [-0.1, -0.05) is 6.92 Å². The number of carbonyl (C=O) groups excluding carboxylic acids is 1. The Labute approximate surface area is 100.0 Å². The van der Waals surface area contributed by atoms with Crippen LogP contribution in [0.2, 0.25) is 0 Å². The molecule has 0 aromatic heterocycles. The van der Waals surface area contributed by atoms with Crippen molar-refractivity contribution < 1.29 is 24.5 Å². The van der Waals surface area contributed by atoms with Crippen molar-refractivity contribution in [1.82, 2.24) is 5.32 Å². The molecule has 98 valence electrons. The topological polar surface area (TPSA) is 95.9 Å². The molecular formula is C11H19NO5. The number of hydrogen-bond donors (Lipinski definition) is 3. The number of aliphatic carboxylic acids is 1. The van der Waals surface area contributed by atoms with Gasteiger partial charge in [0.05, 0.1) is 6.61 Å². The van der Waals surface area contributed by atoms with Gasteiger partial charge in [0.2, 0.25) is 5.91 Å². The van der Waals surface area contributed by atoms with Crippen LogP contribution >= 0.6 is 0 Å². The summed E-state index contributed by atoms with van der Waals surface area (Å²) in [6.07, 6.45) is 0.641. The number of hydrogen-bond acceptors (Lipinski definition) is 4. The number of carbonyl (C=O) groups is 2. The van der Waals surface area contributed by atoms with Gasteiger partial charge in [-0.25, -0.2) is 0 Å². The second-order valence-corrected chi connectivity index (χ2v) is 4.71. The van der Waals surface area contributed by atoms with Gasteiger partial charge in [0, 0.05) is 32.4 Å². The summed E-state index contributed by atoms with van der Waals surface area (Å²) in [5.41, 5.74) is -0.967. The molecule has 1 fully saturated rings. The summed E-state index contributed by atoms with van der Waals surface area (Å²) in [5, 5.41) is 21.0. The average Bonchev–Trinajstić information content (AvgIpc) is 2.61. The second-order valence-electron chi connectivity index (χ2n) is 4.71. The van der Waals surface area contributed by atoms with E-state index in [1.807, 2.05) is 0 Å². The zero-order chi connectivity index (χ0) is 12.9. The minimum Gasteiger partial charge on any atom is -0.481 e. The van der Waals surface area contributed by atoms with Gasteiger partial charge >= 0.3 is 5.97 Å². The molecule has 1 saturated heterocycles. The third-order valence-electron chi connectivity index (χ3n) is 2.75. The van der Waals surface area contributed by atoms with Gasteiger partial charge in [0.25, 0.3) is 0 Å². The lowest BCUT2D eigenvalue weighted by Crippen LogP contribution is -2.43. The van der Waals surface area contributed by atoms with E-state index in [0.717, 1.165) is 0 Å². The zero-order valence-corrected chi connectivity index (χ0v) is 9.94. The molecule has 2 unspecified atom stereocenters. The minimum absolute atomic E-state index is 0.0270. The Bertz CT molecular complexity index is 286. The van der Waals surface area contributed by atoms with Crippen LogP contribution in [0.3, 0.4) is 0 Å². The molecule has 3 N–H and O–H groups in total. The van der Waals surface area contributed by atoms with Crippen molar-refractivity contribution in [3.8, 4) is 0 Å². The van der Waals surface area contributed by atoms with Crippen LogP contribution in [0, 0.1) is 5.92 Å². The molecule has 6 heteroatoms. The van der Waals surface area contributed by atoms with Crippen LogP contribution in [0.25, 0.3) is 0 Å². The quantitative estimate of drug-likeness (QED) is 0.600. The molecule has 1 aliphatic heterocycles. The number of rotatable bonds is 6. The molecule has 6 nitrogen and oxygen atoms in total. The Morgan fingerprint density at radius 3 is 2.71 bits per heavy atom. The van der Waals surface area contributed by atoms with Gasteiger partial charge in [-0.05, 0) is 5.92 Å². The number of ether oxygens (including phenoxy) is 1. The van der Waals surface area contributed by atoms with Crippen molar-refractivity contribution in [3.05, 3.63) is 0 Å². The predicted molar refractivity (Wildman–Crippen MR) is 59.4 cm³/mol. The molecule has 0 spiro atoms. The van der Waals surface area contributed by atoms with Crippen molar-refractivity contribution in [2.75, 3.05) is 19.8 Å². The standard InChI is InChI=1S/C11H19NO5/c1-8(5-10(14)15)4-9(13)12-6-11(16)2-3-17-7-11/h8,16H,2-7H2,1H3,(H,12,13)(H,14,15). The first-order valence-corrected chi connectivity index (χ1v) is 5.70. The maximum atomic E-state index is 11.5. The molecule has 1 rings (SSSR count). The molecule has 1 heterocycles. The van der Waals surface area contributed by atoms with Crippen LogP contribution in [0.4, 0.5) is 0 Å². The van der Waals surface area contributed by atoms with Gasteiger partial charge in [-0.2, -0.15) is 0 Å². The largest absolute Gasteiger partial charge is 0.481 e. The molecule has 0 aromatic rings. The lowest BCUT2D eigenvalue weighted by Gasteiger charge is -2.21. The molecule has 0 aliphatic carbocycles. The smallest absolute Gasteiger partial charge is 0.303 e. The lowest BCUT2D eigenvalue weighted by molar-refractivity contribution is -0.138. The second kappa shape index (κ2) is 5.97. The summed E-state index contributed by atoms with van der Waals surface area (Å²) in [6, 6.07) is 0. The Morgan fingerprint density at radius 2 is 2.18 bits per heavy atom. The third-order valence-corrected chi connectivity index (χ3v) is 2.75. The fourth-order valence-corrected chi connectivity index (χ4v) is 1.76. The van der Waals surface area contributed by atoms with Crippen molar-refractivity contribution in [2.45, 2.75) is 31.8 Å². The molecule has 0 aromatic carbocycles. The normalized spacial score (nSPS) is 25.5. The maximum Gasteiger partial charge on any atom is 0.303 e. The highest BCUT2D eigenvalue weighted by Crippen LogP contribution is 2.17. The van der Waals surface area contributed by atoms with Crippen molar-refractivity contribution in [2.24, 2.45) is 5.92 Å². The van der Waals surface area contributed by atoms with Crippen LogP contribution in [0.5, 0.6) is 0 Å². The average molecular weight is 245 g/mol. The molecule has 1 aliphatic rings. The molecular weight excluding hydrogens is 226 g/mol. The summed E-state index contributed by atoms with van der Waals surface area (Å²) in [4.78, 5) is 21.9.